The molecule has 2 N–H and O–H groups in total. The molecule has 0 bridgehead atoms. The summed E-state index contributed by atoms with van der Waals surface area (Å²) in [6.07, 6.45) is 1.47. The number of nitrogens with one attached hydrogen (secondary N) is 1. The van der Waals surface area contributed by atoms with Gasteiger partial charge in [-0.2, -0.15) is 4.98 Å². The standard InChI is InChI=1S/C26H23Cl2N5O5/c1-15(23(34)35)16(2)33-25(36)31-24(32(26(33)37)14-17-3-5-18(27)6-4-17)30-20-8-10-21(11-9-20)38-22-12-7-19(28)13-29-22/h3-13,15-16H,14H2,1-2H3,(H,34,35)(H,30,31,36)/t15-,16+/m1/s1. The number of hydrogen-bond donors (Lipinski definition) is 2. The van der Waals surface area contributed by atoms with Crippen molar-refractivity contribution in [3.8, 4) is 11.6 Å². The fraction of sp³-hybridized carbons (Fsp3) is 0.192. The molecule has 4 aromatic rings. The SMILES string of the molecule is C[C@@H](C(=O)O)[C@H](C)n1c(=O)nc(Nc2ccc(Oc3ccc(Cl)cn3)cc2)n(Cc2ccc(Cl)cc2)c1=O. The van der Waals surface area contributed by atoms with Crippen LogP contribution in [-0.2, 0) is 11.3 Å². The predicted octanol–water partition coefficient (Wildman–Crippen LogP) is 4.97. The molecule has 12 heteroatoms. The monoisotopic (exact) mass is 555 g/mol. The summed E-state index contributed by atoms with van der Waals surface area (Å²) in [6.45, 7) is 2.98. The largest absolute Gasteiger partial charge is 0.481 e. The highest BCUT2D eigenvalue weighted by molar-refractivity contribution is 6.30. The molecule has 10 nitrogen and oxygen atoms in total. The average Bonchev–Trinajstić information content (AvgIpc) is 2.89. The van der Waals surface area contributed by atoms with E-state index in [1.54, 1.807) is 60.7 Å². The van der Waals surface area contributed by atoms with Crippen molar-refractivity contribution in [3.63, 3.8) is 0 Å². The Balaban J connectivity index is 1.68. The number of carbonyl (C=O) groups is 1. The van der Waals surface area contributed by atoms with Crippen LogP contribution in [0, 0.1) is 5.92 Å². The summed E-state index contributed by atoms with van der Waals surface area (Å²) >= 11 is 11.8. The van der Waals surface area contributed by atoms with Crippen molar-refractivity contribution in [2.75, 3.05) is 5.32 Å². The van der Waals surface area contributed by atoms with Crippen molar-refractivity contribution in [2.45, 2.75) is 26.4 Å². The molecule has 2 atom stereocenters. The van der Waals surface area contributed by atoms with Crippen LogP contribution in [0.1, 0.15) is 25.5 Å². The molecule has 0 unspecified atom stereocenters. The summed E-state index contributed by atoms with van der Waals surface area (Å²) in [5, 5.41) is 13.4. The Kier molecular flexibility index (Phi) is 8.13. The lowest BCUT2D eigenvalue weighted by Gasteiger charge is -2.21. The zero-order chi connectivity index (χ0) is 27.4. The first kappa shape index (κ1) is 26.9. The van der Waals surface area contributed by atoms with E-state index in [-0.39, 0.29) is 12.5 Å². The third-order valence-electron chi connectivity index (χ3n) is 5.91. The number of hydrogen-bond acceptors (Lipinski definition) is 7. The lowest BCUT2D eigenvalue weighted by Crippen LogP contribution is -2.46. The second kappa shape index (κ2) is 11.5. The van der Waals surface area contributed by atoms with Crippen LogP contribution in [0.2, 0.25) is 10.0 Å². The van der Waals surface area contributed by atoms with Gasteiger partial charge >= 0.3 is 17.3 Å². The van der Waals surface area contributed by atoms with Crippen molar-refractivity contribution in [1.82, 2.24) is 19.1 Å². The van der Waals surface area contributed by atoms with Gasteiger partial charge in [-0.05, 0) is 61.9 Å². The minimum absolute atomic E-state index is 0.00517. The van der Waals surface area contributed by atoms with E-state index < -0.39 is 29.3 Å². The highest BCUT2D eigenvalue weighted by atomic mass is 35.5. The molecule has 0 radical (unpaired) electrons. The number of rotatable bonds is 9. The van der Waals surface area contributed by atoms with Crippen LogP contribution in [-0.4, -0.2) is 30.2 Å². The predicted molar refractivity (Wildman–Crippen MR) is 144 cm³/mol. The first-order valence-corrected chi connectivity index (χ1v) is 12.2. The Hall–Kier alpha value is -4.15. The summed E-state index contributed by atoms with van der Waals surface area (Å²) < 4.78 is 7.83. The van der Waals surface area contributed by atoms with Gasteiger partial charge in [0, 0.05) is 23.0 Å². The Morgan fingerprint density at radius 1 is 1.00 bits per heavy atom. The number of pyridine rings is 1. The van der Waals surface area contributed by atoms with Gasteiger partial charge in [-0.1, -0.05) is 35.3 Å². The van der Waals surface area contributed by atoms with E-state index in [9.17, 15) is 19.5 Å². The molecule has 0 fully saturated rings. The minimum Gasteiger partial charge on any atom is -0.481 e. The molecule has 2 heterocycles. The first-order chi connectivity index (χ1) is 18.1. The van der Waals surface area contributed by atoms with Crippen molar-refractivity contribution in [1.29, 1.82) is 0 Å². The van der Waals surface area contributed by atoms with E-state index in [4.69, 9.17) is 27.9 Å². The van der Waals surface area contributed by atoms with Gasteiger partial charge in [0.1, 0.15) is 5.75 Å². The fourth-order valence-electron chi connectivity index (χ4n) is 3.57. The summed E-state index contributed by atoms with van der Waals surface area (Å²) in [6, 6.07) is 15.9. The van der Waals surface area contributed by atoms with Crippen LogP contribution in [0.3, 0.4) is 0 Å². The number of benzene rings is 2. The molecule has 0 saturated carbocycles. The van der Waals surface area contributed by atoms with Crippen LogP contribution in [0.4, 0.5) is 11.6 Å². The number of carboxylic acids is 1. The van der Waals surface area contributed by atoms with Crippen LogP contribution in [0.15, 0.2) is 76.4 Å². The summed E-state index contributed by atoms with van der Waals surface area (Å²) in [5.74, 6) is -1.26. The number of ether oxygens (including phenoxy) is 1. The molecule has 0 amide bonds. The van der Waals surface area contributed by atoms with Crippen LogP contribution >= 0.6 is 23.2 Å². The smallest absolute Gasteiger partial charge is 0.355 e. The molecule has 2 aromatic carbocycles. The van der Waals surface area contributed by atoms with Gasteiger partial charge in [0.05, 0.1) is 23.5 Å². The van der Waals surface area contributed by atoms with E-state index in [2.05, 4.69) is 15.3 Å². The maximum absolute atomic E-state index is 13.5. The number of aliphatic carboxylic acids is 1. The van der Waals surface area contributed by atoms with Gasteiger partial charge < -0.3 is 15.2 Å². The Morgan fingerprint density at radius 2 is 1.66 bits per heavy atom. The number of aromatic nitrogens is 4. The lowest BCUT2D eigenvalue weighted by molar-refractivity contribution is -0.142. The third-order valence-corrected chi connectivity index (χ3v) is 6.38. The molecular formula is C26H23Cl2N5O5. The van der Waals surface area contributed by atoms with E-state index in [1.165, 1.54) is 24.6 Å². The Labute approximate surface area is 227 Å². The average molecular weight is 556 g/mol. The van der Waals surface area contributed by atoms with Crippen LogP contribution < -0.4 is 21.4 Å². The molecule has 0 saturated heterocycles. The van der Waals surface area contributed by atoms with E-state index in [0.29, 0.717) is 27.4 Å². The van der Waals surface area contributed by atoms with E-state index in [0.717, 1.165) is 10.1 Å². The molecule has 0 aliphatic rings. The highest BCUT2D eigenvalue weighted by Crippen LogP contribution is 2.24. The molecule has 196 valence electrons. The molecule has 4 rings (SSSR count). The second-order valence-electron chi connectivity index (χ2n) is 8.52. The number of anilines is 2. The molecule has 0 spiro atoms. The molecule has 0 aliphatic heterocycles. The van der Waals surface area contributed by atoms with Gasteiger partial charge in [-0.3, -0.25) is 9.36 Å². The van der Waals surface area contributed by atoms with Gasteiger partial charge in [0.2, 0.25) is 11.8 Å². The number of nitrogens with zero attached hydrogens (tertiary/aromatic N) is 4. The number of carboxylic acid groups (broad SMARTS) is 1. The first-order valence-electron chi connectivity index (χ1n) is 11.5. The Bertz CT molecular complexity index is 1550. The topological polar surface area (TPSA) is 128 Å². The van der Waals surface area contributed by atoms with Crippen molar-refractivity contribution >= 4 is 40.8 Å². The van der Waals surface area contributed by atoms with Gasteiger partial charge in [0.15, 0.2) is 0 Å². The third kappa shape index (κ3) is 6.21. The van der Waals surface area contributed by atoms with E-state index >= 15 is 0 Å². The fourth-order valence-corrected chi connectivity index (χ4v) is 3.81. The molecule has 38 heavy (non-hydrogen) atoms. The minimum atomic E-state index is -1.13. The maximum Gasteiger partial charge on any atom is 0.355 e. The summed E-state index contributed by atoms with van der Waals surface area (Å²) in [5.41, 5.74) is -0.303. The summed E-state index contributed by atoms with van der Waals surface area (Å²) in [7, 11) is 0. The maximum atomic E-state index is 13.5. The van der Waals surface area contributed by atoms with Crippen LogP contribution in [0.25, 0.3) is 0 Å². The molecule has 0 aliphatic carbocycles. The Morgan fingerprint density at radius 3 is 2.26 bits per heavy atom. The number of halogens is 2. The normalized spacial score (nSPS) is 12.5. The lowest BCUT2D eigenvalue weighted by atomic mass is 10.0. The summed E-state index contributed by atoms with van der Waals surface area (Å²) in [4.78, 5) is 46.1. The zero-order valence-corrected chi connectivity index (χ0v) is 21.8. The van der Waals surface area contributed by atoms with Gasteiger partial charge in [-0.15, -0.1) is 0 Å². The molecular weight excluding hydrogens is 533 g/mol. The van der Waals surface area contributed by atoms with Crippen molar-refractivity contribution in [3.05, 3.63) is 103 Å². The van der Waals surface area contributed by atoms with Crippen molar-refractivity contribution < 1.29 is 14.6 Å². The van der Waals surface area contributed by atoms with Crippen molar-refractivity contribution in [2.24, 2.45) is 5.92 Å². The van der Waals surface area contributed by atoms with Gasteiger partial charge in [0.25, 0.3) is 0 Å². The quantitative estimate of drug-likeness (QED) is 0.296. The van der Waals surface area contributed by atoms with Crippen LogP contribution in [0.5, 0.6) is 11.6 Å². The van der Waals surface area contributed by atoms with E-state index in [1.807, 2.05) is 0 Å². The zero-order valence-electron chi connectivity index (χ0n) is 20.3. The molecule has 2 aromatic heterocycles. The highest BCUT2D eigenvalue weighted by Gasteiger charge is 2.26. The second-order valence-corrected chi connectivity index (χ2v) is 9.39. The van der Waals surface area contributed by atoms with Gasteiger partial charge in [-0.25, -0.2) is 19.1 Å².